The molecule has 0 unspecified atom stereocenters. The molecule has 0 aliphatic carbocycles. The van der Waals surface area contributed by atoms with Gasteiger partial charge < -0.3 is 9.47 Å². The molecule has 5 nitrogen and oxygen atoms in total. The molecular formula is C31H27NO4S. The molecule has 5 rings (SSSR count). The first-order chi connectivity index (χ1) is 18.0. The average molecular weight is 510 g/mol. The van der Waals surface area contributed by atoms with E-state index < -0.39 is 0 Å². The quantitative estimate of drug-likeness (QED) is 0.236. The van der Waals surface area contributed by atoms with Crippen LogP contribution in [0.25, 0.3) is 16.8 Å². The molecule has 6 heteroatoms. The minimum atomic E-state index is -0.304. The maximum Gasteiger partial charge on any atom is 0.293 e. The predicted molar refractivity (Wildman–Crippen MR) is 149 cm³/mol. The first kappa shape index (κ1) is 24.7. The van der Waals surface area contributed by atoms with Crippen molar-refractivity contribution in [1.29, 1.82) is 0 Å². The summed E-state index contributed by atoms with van der Waals surface area (Å²) < 4.78 is 11.9. The third kappa shape index (κ3) is 5.70. The van der Waals surface area contributed by atoms with Crippen LogP contribution in [0.2, 0.25) is 0 Å². The van der Waals surface area contributed by atoms with Crippen molar-refractivity contribution >= 4 is 39.8 Å². The monoisotopic (exact) mass is 509 g/mol. The second-order valence-corrected chi connectivity index (χ2v) is 9.94. The zero-order valence-electron chi connectivity index (χ0n) is 20.8. The molecule has 37 heavy (non-hydrogen) atoms. The zero-order chi connectivity index (χ0) is 25.8. The molecular weight excluding hydrogens is 482 g/mol. The van der Waals surface area contributed by atoms with Gasteiger partial charge in [-0.3, -0.25) is 14.5 Å². The molecule has 0 radical (unpaired) electrons. The number of fused-ring (bicyclic) bond motifs is 1. The molecule has 0 atom stereocenters. The van der Waals surface area contributed by atoms with Gasteiger partial charge in [-0.05, 0) is 82.9 Å². The molecule has 186 valence electrons. The normalized spacial score (nSPS) is 14.5. The molecule has 1 heterocycles. The van der Waals surface area contributed by atoms with Crippen LogP contribution < -0.4 is 9.47 Å². The van der Waals surface area contributed by atoms with E-state index in [0.717, 1.165) is 45.2 Å². The van der Waals surface area contributed by atoms with Gasteiger partial charge in [-0.25, -0.2) is 0 Å². The van der Waals surface area contributed by atoms with Gasteiger partial charge in [0.2, 0.25) is 0 Å². The van der Waals surface area contributed by atoms with E-state index in [4.69, 9.17) is 9.47 Å². The van der Waals surface area contributed by atoms with Crippen molar-refractivity contribution in [2.45, 2.75) is 20.5 Å². The van der Waals surface area contributed by atoms with Gasteiger partial charge in [0.1, 0.15) is 24.7 Å². The topological polar surface area (TPSA) is 55.8 Å². The number of hydrogen-bond acceptors (Lipinski definition) is 5. The summed E-state index contributed by atoms with van der Waals surface area (Å²) in [6.45, 7) is 4.84. The van der Waals surface area contributed by atoms with E-state index in [1.807, 2.05) is 74.5 Å². The first-order valence-electron chi connectivity index (χ1n) is 12.1. The Morgan fingerprint density at radius 2 is 1.68 bits per heavy atom. The van der Waals surface area contributed by atoms with Crippen molar-refractivity contribution in [3.63, 3.8) is 0 Å². The summed E-state index contributed by atoms with van der Waals surface area (Å²) in [5, 5.41) is 2.05. The first-order valence-corrected chi connectivity index (χ1v) is 12.9. The third-order valence-electron chi connectivity index (χ3n) is 6.22. The lowest BCUT2D eigenvalue weighted by Gasteiger charge is -2.14. The molecule has 0 saturated carbocycles. The number of amides is 2. The molecule has 1 saturated heterocycles. The van der Waals surface area contributed by atoms with Crippen LogP contribution in [0.5, 0.6) is 11.5 Å². The molecule has 0 aromatic heterocycles. The van der Waals surface area contributed by atoms with Gasteiger partial charge in [-0.1, -0.05) is 66.7 Å². The lowest BCUT2D eigenvalue weighted by Crippen LogP contribution is -2.32. The Kier molecular flexibility index (Phi) is 7.28. The average Bonchev–Trinajstić information content (AvgIpc) is 3.17. The highest BCUT2D eigenvalue weighted by molar-refractivity contribution is 8.18. The van der Waals surface area contributed by atoms with Crippen molar-refractivity contribution in [2.24, 2.45) is 0 Å². The lowest BCUT2D eigenvalue weighted by atomic mass is 10.1. The Bertz CT molecular complexity index is 1510. The van der Waals surface area contributed by atoms with E-state index in [1.54, 1.807) is 6.08 Å². The number of hydrogen-bond donors (Lipinski definition) is 0. The van der Waals surface area contributed by atoms with Crippen LogP contribution in [0.4, 0.5) is 4.79 Å². The number of aryl methyl sites for hydroxylation is 2. The fraction of sp³-hybridized carbons (Fsp3) is 0.161. The van der Waals surface area contributed by atoms with E-state index in [9.17, 15) is 9.59 Å². The minimum Gasteiger partial charge on any atom is -0.491 e. The van der Waals surface area contributed by atoms with Gasteiger partial charge in [-0.15, -0.1) is 0 Å². The summed E-state index contributed by atoms with van der Waals surface area (Å²) in [5.41, 5.74) is 4.01. The molecule has 0 bridgehead atoms. The largest absolute Gasteiger partial charge is 0.491 e. The van der Waals surface area contributed by atoms with Crippen molar-refractivity contribution in [1.82, 2.24) is 4.90 Å². The van der Waals surface area contributed by atoms with Crippen LogP contribution in [-0.4, -0.2) is 29.2 Å². The smallest absolute Gasteiger partial charge is 0.293 e. The van der Waals surface area contributed by atoms with Crippen LogP contribution in [0.3, 0.4) is 0 Å². The summed E-state index contributed by atoms with van der Waals surface area (Å²) in [4.78, 5) is 27.1. The van der Waals surface area contributed by atoms with E-state index in [2.05, 4.69) is 24.3 Å². The summed E-state index contributed by atoms with van der Waals surface area (Å²) in [6.07, 6.45) is 1.74. The summed E-state index contributed by atoms with van der Waals surface area (Å²) in [5.74, 6) is 1.16. The van der Waals surface area contributed by atoms with Gasteiger partial charge in [0.25, 0.3) is 11.1 Å². The Balaban J connectivity index is 1.23. The molecule has 0 N–H and O–H groups in total. The number of carbonyl (C=O) groups is 2. The van der Waals surface area contributed by atoms with Crippen LogP contribution in [0.1, 0.15) is 22.3 Å². The Hall–Kier alpha value is -4.03. The minimum absolute atomic E-state index is 0.198. The summed E-state index contributed by atoms with van der Waals surface area (Å²) >= 11 is 0.948. The van der Waals surface area contributed by atoms with E-state index >= 15 is 0 Å². The van der Waals surface area contributed by atoms with Crippen molar-refractivity contribution in [3.8, 4) is 11.5 Å². The maximum atomic E-state index is 12.9. The van der Waals surface area contributed by atoms with Crippen molar-refractivity contribution in [3.05, 3.63) is 112 Å². The summed E-state index contributed by atoms with van der Waals surface area (Å²) in [7, 11) is 0. The fourth-order valence-electron chi connectivity index (χ4n) is 4.23. The molecule has 4 aromatic carbocycles. The molecule has 0 spiro atoms. The van der Waals surface area contributed by atoms with Crippen LogP contribution in [0, 0.1) is 13.8 Å². The molecule has 1 fully saturated rings. The van der Waals surface area contributed by atoms with Gasteiger partial charge >= 0.3 is 0 Å². The fourth-order valence-corrected chi connectivity index (χ4v) is 5.09. The number of thioether (sulfide) groups is 1. The number of rotatable bonds is 8. The van der Waals surface area contributed by atoms with E-state index in [-0.39, 0.29) is 24.3 Å². The number of nitrogens with zero attached hydrogens (tertiary/aromatic N) is 1. The second-order valence-electron chi connectivity index (χ2n) is 8.95. The number of imide groups is 1. The van der Waals surface area contributed by atoms with Crippen LogP contribution in [0.15, 0.2) is 89.8 Å². The molecule has 4 aromatic rings. The zero-order valence-corrected chi connectivity index (χ0v) is 21.6. The van der Waals surface area contributed by atoms with Gasteiger partial charge in [0.05, 0.1) is 11.4 Å². The SMILES string of the molecule is Cc1ccc(C)c(OCCN2C(=O)S/C(=C\c3cccc(OCc4cccc5ccccc45)c3)C2=O)c1. The number of ether oxygens (including phenoxy) is 2. The molecule has 1 aliphatic rings. The standard InChI is InChI=1S/C31H27NO4S/c1-21-13-14-22(2)28(17-21)35-16-15-32-30(33)29(37-31(32)34)19-23-7-5-11-26(18-23)36-20-25-10-6-9-24-8-3-4-12-27(24)25/h3-14,17-19H,15-16,20H2,1-2H3/b29-19-. The number of benzene rings is 4. The van der Waals surface area contributed by atoms with Gasteiger partial charge in [0.15, 0.2) is 0 Å². The van der Waals surface area contributed by atoms with Crippen LogP contribution >= 0.6 is 11.8 Å². The van der Waals surface area contributed by atoms with Crippen molar-refractivity contribution < 1.29 is 19.1 Å². The maximum absolute atomic E-state index is 12.9. The highest BCUT2D eigenvalue weighted by Gasteiger charge is 2.34. The van der Waals surface area contributed by atoms with Gasteiger partial charge in [-0.2, -0.15) is 0 Å². The van der Waals surface area contributed by atoms with Crippen molar-refractivity contribution in [2.75, 3.05) is 13.2 Å². The Labute approximate surface area is 220 Å². The molecule has 2 amide bonds. The predicted octanol–water partition coefficient (Wildman–Crippen LogP) is 7.15. The Morgan fingerprint density at radius 1 is 0.865 bits per heavy atom. The highest BCUT2D eigenvalue weighted by Crippen LogP contribution is 2.33. The Morgan fingerprint density at radius 3 is 2.57 bits per heavy atom. The van der Waals surface area contributed by atoms with E-state index in [1.165, 1.54) is 10.3 Å². The highest BCUT2D eigenvalue weighted by atomic mass is 32.2. The number of carbonyl (C=O) groups excluding carboxylic acids is 2. The lowest BCUT2D eigenvalue weighted by molar-refractivity contribution is -0.123. The van der Waals surface area contributed by atoms with Gasteiger partial charge in [0, 0.05) is 0 Å². The summed E-state index contributed by atoms with van der Waals surface area (Å²) in [6, 6.07) is 27.9. The second kappa shape index (κ2) is 10.9. The third-order valence-corrected chi connectivity index (χ3v) is 7.13. The van der Waals surface area contributed by atoms with E-state index in [0.29, 0.717) is 17.3 Å². The molecule has 1 aliphatic heterocycles. The van der Waals surface area contributed by atoms with Crippen LogP contribution in [-0.2, 0) is 11.4 Å².